The summed E-state index contributed by atoms with van der Waals surface area (Å²) in [4.78, 5) is 0. The smallest absolute Gasteiger partial charge is 0.0562 e. The Hall–Kier alpha value is -0.500. The summed E-state index contributed by atoms with van der Waals surface area (Å²) >= 11 is 0. The first kappa shape index (κ1) is 6.62. The third-order valence-electron chi connectivity index (χ3n) is 2.05. The van der Waals surface area contributed by atoms with E-state index >= 15 is 0 Å². The molecular weight excluding hydrogens is 112 g/mol. The fourth-order valence-electron chi connectivity index (χ4n) is 0.790. The summed E-state index contributed by atoms with van der Waals surface area (Å²) in [6.07, 6.45) is 4.09. The summed E-state index contributed by atoms with van der Waals surface area (Å²) in [6, 6.07) is 0. The molecule has 0 aromatic rings. The number of rotatable bonds is 1. The van der Waals surface area contributed by atoms with E-state index < -0.39 is 0 Å². The van der Waals surface area contributed by atoms with Crippen LogP contribution in [-0.2, 0) is 0 Å². The Balaban J connectivity index is 2.62. The largest absolute Gasteiger partial charge is 0.328 e. The summed E-state index contributed by atoms with van der Waals surface area (Å²) in [6.45, 7) is 6.57. The van der Waals surface area contributed by atoms with Gasteiger partial charge in [-0.05, 0) is 18.9 Å². The van der Waals surface area contributed by atoms with E-state index in [2.05, 4.69) is 37.7 Å². The number of hydrazine groups is 1. The van der Waals surface area contributed by atoms with Crippen molar-refractivity contribution in [2.24, 2.45) is 5.92 Å². The molecule has 1 heterocycles. The molecule has 1 atom stereocenters. The van der Waals surface area contributed by atoms with Crippen molar-refractivity contribution in [3.63, 3.8) is 0 Å². The molecule has 0 saturated heterocycles. The minimum Gasteiger partial charge on any atom is -0.328 e. The second-order valence-electron chi connectivity index (χ2n) is 3.04. The Bertz CT molecular complexity index is 129. The van der Waals surface area contributed by atoms with Crippen LogP contribution < -0.4 is 10.9 Å². The molecule has 1 unspecified atom stereocenters. The van der Waals surface area contributed by atoms with E-state index in [1.54, 1.807) is 0 Å². The standard InChI is InChI=1S/C7H14N2/c1-6(2)7(3)4-5-8-9-7/h4-6,8-9H,1-3H3. The maximum atomic E-state index is 3.17. The lowest BCUT2D eigenvalue weighted by Gasteiger charge is -2.26. The van der Waals surface area contributed by atoms with E-state index in [-0.39, 0.29) is 5.54 Å². The van der Waals surface area contributed by atoms with Gasteiger partial charge in [0.2, 0.25) is 0 Å². The van der Waals surface area contributed by atoms with Gasteiger partial charge in [0.05, 0.1) is 5.54 Å². The third kappa shape index (κ3) is 1.08. The zero-order valence-electron chi connectivity index (χ0n) is 6.23. The molecule has 1 rings (SSSR count). The van der Waals surface area contributed by atoms with E-state index in [0.717, 1.165) is 0 Å². The van der Waals surface area contributed by atoms with Crippen LogP contribution in [0.25, 0.3) is 0 Å². The van der Waals surface area contributed by atoms with Crippen LogP contribution in [0.4, 0.5) is 0 Å². The molecule has 0 bridgehead atoms. The first-order valence-electron chi connectivity index (χ1n) is 3.35. The average Bonchev–Trinajstić information content (AvgIpc) is 2.16. The lowest BCUT2D eigenvalue weighted by molar-refractivity contribution is 0.330. The highest BCUT2D eigenvalue weighted by molar-refractivity contribution is 5.08. The second-order valence-corrected chi connectivity index (χ2v) is 3.04. The van der Waals surface area contributed by atoms with Crippen molar-refractivity contribution in [2.75, 3.05) is 0 Å². The van der Waals surface area contributed by atoms with Crippen molar-refractivity contribution in [1.29, 1.82) is 0 Å². The summed E-state index contributed by atoms with van der Waals surface area (Å²) in [5.74, 6) is 0.628. The Labute approximate surface area is 56.3 Å². The van der Waals surface area contributed by atoms with Crippen molar-refractivity contribution in [1.82, 2.24) is 10.9 Å². The first-order chi connectivity index (χ1) is 4.15. The van der Waals surface area contributed by atoms with Gasteiger partial charge >= 0.3 is 0 Å². The van der Waals surface area contributed by atoms with Crippen LogP contribution in [0.3, 0.4) is 0 Å². The van der Waals surface area contributed by atoms with Gasteiger partial charge in [0, 0.05) is 6.20 Å². The van der Waals surface area contributed by atoms with Crippen LogP contribution in [0, 0.1) is 5.92 Å². The van der Waals surface area contributed by atoms with Gasteiger partial charge in [-0.15, -0.1) is 0 Å². The number of hydrogen-bond acceptors (Lipinski definition) is 2. The van der Waals surface area contributed by atoms with E-state index in [1.165, 1.54) is 0 Å². The summed E-state index contributed by atoms with van der Waals surface area (Å²) in [5, 5.41) is 0. The SMILES string of the molecule is CC(C)C1(C)C=CNN1. The van der Waals surface area contributed by atoms with Gasteiger partial charge in [-0.25, -0.2) is 5.43 Å². The molecule has 0 aliphatic carbocycles. The molecule has 1 aliphatic rings. The predicted octanol–water partition coefficient (Wildman–Crippen LogP) is 1.02. The van der Waals surface area contributed by atoms with Gasteiger partial charge < -0.3 is 5.43 Å². The van der Waals surface area contributed by atoms with Crippen LogP contribution in [0.5, 0.6) is 0 Å². The molecule has 0 aromatic carbocycles. The van der Waals surface area contributed by atoms with E-state index in [4.69, 9.17) is 0 Å². The Morgan fingerprint density at radius 2 is 2.11 bits per heavy atom. The van der Waals surface area contributed by atoms with Gasteiger partial charge in [-0.3, -0.25) is 0 Å². The lowest BCUT2D eigenvalue weighted by atomic mass is 9.90. The van der Waals surface area contributed by atoms with Crippen molar-refractivity contribution in [3.8, 4) is 0 Å². The van der Waals surface area contributed by atoms with Gasteiger partial charge in [0.1, 0.15) is 0 Å². The molecule has 0 aromatic heterocycles. The van der Waals surface area contributed by atoms with Crippen LogP contribution in [0.2, 0.25) is 0 Å². The molecular formula is C7H14N2. The lowest BCUT2D eigenvalue weighted by Crippen LogP contribution is -2.45. The highest BCUT2D eigenvalue weighted by atomic mass is 15.4. The topological polar surface area (TPSA) is 24.1 Å². The van der Waals surface area contributed by atoms with Gasteiger partial charge in [0.15, 0.2) is 0 Å². The van der Waals surface area contributed by atoms with Crippen molar-refractivity contribution in [3.05, 3.63) is 12.3 Å². The van der Waals surface area contributed by atoms with Crippen molar-refractivity contribution >= 4 is 0 Å². The molecule has 52 valence electrons. The highest BCUT2D eigenvalue weighted by Crippen LogP contribution is 2.18. The van der Waals surface area contributed by atoms with Crippen molar-refractivity contribution in [2.45, 2.75) is 26.3 Å². The Morgan fingerprint density at radius 3 is 2.33 bits per heavy atom. The summed E-state index contributed by atoms with van der Waals surface area (Å²) < 4.78 is 0. The van der Waals surface area contributed by atoms with Gasteiger partial charge in [0.25, 0.3) is 0 Å². The molecule has 1 aliphatic heterocycles. The minimum atomic E-state index is 0.153. The van der Waals surface area contributed by atoms with Gasteiger partial charge in [-0.1, -0.05) is 13.8 Å². The zero-order valence-corrected chi connectivity index (χ0v) is 6.23. The molecule has 9 heavy (non-hydrogen) atoms. The molecule has 0 fully saturated rings. The minimum absolute atomic E-state index is 0.153. The fourth-order valence-corrected chi connectivity index (χ4v) is 0.790. The molecule has 2 heteroatoms. The summed E-state index contributed by atoms with van der Waals surface area (Å²) in [7, 11) is 0. The average molecular weight is 126 g/mol. The normalized spacial score (nSPS) is 33.3. The third-order valence-corrected chi connectivity index (χ3v) is 2.05. The monoisotopic (exact) mass is 126 g/mol. The molecule has 0 saturated carbocycles. The molecule has 2 nitrogen and oxygen atoms in total. The molecule has 0 amide bonds. The Kier molecular flexibility index (Phi) is 1.49. The van der Waals surface area contributed by atoms with Crippen LogP contribution >= 0.6 is 0 Å². The maximum Gasteiger partial charge on any atom is 0.0562 e. The van der Waals surface area contributed by atoms with E-state index in [1.807, 2.05) is 6.20 Å². The van der Waals surface area contributed by atoms with Crippen LogP contribution in [-0.4, -0.2) is 5.54 Å². The highest BCUT2D eigenvalue weighted by Gasteiger charge is 2.26. The van der Waals surface area contributed by atoms with E-state index in [9.17, 15) is 0 Å². The maximum absolute atomic E-state index is 3.17. The molecule has 0 radical (unpaired) electrons. The number of nitrogens with one attached hydrogen (secondary N) is 2. The first-order valence-corrected chi connectivity index (χ1v) is 3.35. The molecule has 0 spiro atoms. The predicted molar refractivity (Wildman–Crippen MR) is 38.7 cm³/mol. The zero-order chi connectivity index (χ0) is 6.91. The second kappa shape index (κ2) is 2.03. The van der Waals surface area contributed by atoms with E-state index in [0.29, 0.717) is 5.92 Å². The summed E-state index contributed by atoms with van der Waals surface area (Å²) in [5.41, 5.74) is 6.29. The quantitative estimate of drug-likeness (QED) is 0.548. The fraction of sp³-hybridized carbons (Fsp3) is 0.714. The molecule has 2 N–H and O–H groups in total. The van der Waals surface area contributed by atoms with Crippen molar-refractivity contribution < 1.29 is 0 Å². The van der Waals surface area contributed by atoms with Crippen LogP contribution in [0.15, 0.2) is 12.3 Å². The Morgan fingerprint density at radius 1 is 1.44 bits per heavy atom. The van der Waals surface area contributed by atoms with Crippen LogP contribution in [0.1, 0.15) is 20.8 Å². The number of hydrogen-bond donors (Lipinski definition) is 2. The van der Waals surface area contributed by atoms with Gasteiger partial charge in [-0.2, -0.15) is 0 Å².